The van der Waals surface area contributed by atoms with Crippen LogP contribution in [0.2, 0.25) is 0 Å². The standard InChI is InChI=1S/C21H23N5O3/c1-28-18-10-15-17(11-19(18)29-2)23-12-24-20(15)25-13-5-7-14(8-6-13)26-21(27)16-4-3-9-22-16/h5-8,10-12,16,22H,3-4,9H2,1-2H3,(H,26,27)(H,23,24,25)/t16-/m0/s1. The lowest BCUT2D eigenvalue weighted by atomic mass is 10.2. The highest BCUT2D eigenvalue weighted by molar-refractivity contribution is 5.95. The van der Waals surface area contributed by atoms with Crippen molar-refractivity contribution in [2.24, 2.45) is 0 Å². The Kier molecular flexibility index (Phi) is 5.44. The number of fused-ring (bicyclic) bond motifs is 1. The summed E-state index contributed by atoms with van der Waals surface area (Å²) in [5.74, 6) is 1.88. The Morgan fingerprint density at radius 1 is 1.07 bits per heavy atom. The lowest BCUT2D eigenvalue weighted by Crippen LogP contribution is -2.35. The number of aromatic nitrogens is 2. The summed E-state index contributed by atoms with van der Waals surface area (Å²) in [4.78, 5) is 20.9. The van der Waals surface area contributed by atoms with Crippen molar-refractivity contribution in [2.75, 3.05) is 31.4 Å². The Bertz CT molecular complexity index is 1020. The van der Waals surface area contributed by atoms with Crippen molar-refractivity contribution in [3.8, 4) is 11.5 Å². The van der Waals surface area contributed by atoms with Crippen molar-refractivity contribution in [1.29, 1.82) is 0 Å². The minimum Gasteiger partial charge on any atom is -0.493 e. The molecule has 1 saturated heterocycles. The number of benzene rings is 2. The number of rotatable bonds is 6. The number of hydrogen-bond acceptors (Lipinski definition) is 7. The molecule has 8 nitrogen and oxygen atoms in total. The summed E-state index contributed by atoms with van der Waals surface area (Å²) in [7, 11) is 3.18. The van der Waals surface area contributed by atoms with Crippen LogP contribution in [0.5, 0.6) is 11.5 Å². The number of anilines is 3. The average molecular weight is 393 g/mol. The van der Waals surface area contributed by atoms with Gasteiger partial charge in [0.25, 0.3) is 0 Å². The summed E-state index contributed by atoms with van der Waals surface area (Å²) < 4.78 is 10.7. The van der Waals surface area contributed by atoms with Gasteiger partial charge in [-0.2, -0.15) is 0 Å². The van der Waals surface area contributed by atoms with Crippen molar-refractivity contribution in [3.05, 3.63) is 42.7 Å². The lowest BCUT2D eigenvalue weighted by Gasteiger charge is -2.13. The number of hydrogen-bond donors (Lipinski definition) is 3. The molecule has 8 heteroatoms. The van der Waals surface area contributed by atoms with E-state index in [9.17, 15) is 4.79 Å². The van der Waals surface area contributed by atoms with Gasteiger partial charge in [-0.3, -0.25) is 4.79 Å². The van der Waals surface area contributed by atoms with Crippen LogP contribution >= 0.6 is 0 Å². The predicted molar refractivity (Wildman–Crippen MR) is 112 cm³/mol. The summed E-state index contributed by atoms with van der Waals surface area (Å²) in [6.45, 7) is 0.893. The van der Waals surface area contributed by atoms with Crippen molar-refractivity contribution in [2.45, 2.75) is 18.9 Å². The molecule has 1 amide bonds. The second-order valence-electron chi connectivity index (χ2n) is 6.79. The van der Waals surface area contributed by atoms with E-state index in [-0.39, 0.29) is 11.9 Å². The monoisotopic (exact) mass is 393 g/mol. The van der Waals surface area contributed by atoms with Gasteiger partial charge in [-0.1, -0.05) is 0 Å². The van der Waals surface area contributed by atoms with Crippen LogP contribution in [0.3, 0.4) is 0 Å². The molecule has 150 valence electrons. The van der Waals surface area contributed by atoms with Crippen molar-refractivity contribution in [3.63, 3.8) is 0 Å². The number of nitrogens with one attached hydrogen (secondary N) is 3. The van der Waals surface area contributed by atoms with Gasteiger partial charge in [0.2, 0.25) is 5.91 Å². The number of methoxy groups -OCH3 is 2. The highest BCUT2D eigenvalue weighted by Gasteiger charge is 2.21. The van der Waals surface area contributed by atoms with Gasteiger partial charge >= 0.3 is 0 Å². The van der Waals surface area contributed by atoms with Crippen LogP contribution in [-0.2, 0) is 4.79 Å². The molecule has 3 aromatic rings. The average Bonchev–Trinajstić information content (AvgIpc) is 3.29. The number of nitrogens with zero attached hydrogens (tertiary/aromatic N) is 2. The fourth-order valence-corrected chi connectivity index (χ4v) is 3.39. The minimum absolute atomic E-state index is 0.00560. The van der Waals surface area contributed by atoms with E-state index < -0.39 is 0 Å². The van der Waals surface area contributed by atoms with Crippen molar-refractivity contribution < 1.29 is 14.3 Å². The Morgan fingerprint density at radius 2 is 1.79 bits per heavy atom. The second-order valence-corrected chi connectivity index (χ2v) is 6.79. The zero-order valence-corrected chi connectivity index (χ0v) is 16.4. The third kappa shape index (κ3) is 4.07. The van der Waals surface area contributed by atoms with Crippen LogP contribution in [0.1, 0.15) is 12.8 Å². The van der Waals surface area contributed by atoms with Gasteiger partial charge in [0, 0.05) is 22.8 Å². The first-order valence-electron chi connectivity index (χ1n) is 9.46. The maximum atomic E-state index is 12.2. The van der Waals surface area contributed by atoms with Crippen LogP contribution in [-0.4, -0.2) is 42.7 Å². The van der Waals surface area contributed by atoms with Crippen molar-refractivity contribution >= 4 is 34.0 Å². The second kappa shape index (κ2) is 8.32. The topological polar surface area (TPSA) is 97.4 Å². The first kappa shape index (κ1) is 18.9. The molecule has 29 heavy (non-hydrogen) atoms. The summed E-state index contributed by atoms with van der Waals surface area (Å²) in [6.07, 6.45) is 3.41. The SMILES string of the molecule is COc1cc2ncnc(Nc3ccc(NC(=O)[C@@H]4CCCN4)cc3)c2cc1OC. The molecule has 0 radical (unpaired) electrons. The van der Waals surface area contributed by atoms with E-state index in [1.165, 1.54) is 6.33 Å². The number of amides is 1. The molecule has 0 unspecified atom stereocenters. The molecular formula is C21H23N5O3. The lowest BCUT2D eigenvalue weighted by molar-refractivity contribution is -0.117. The normalized spacial score (nSPS) is 15.9. The highest BCUT2D eigenvalue weighted by Crippen LogP contribution is 2.34. The predicted octanol–water partition coefficient (Wildman–Crippen LogP) is 3.08. The van der Waals surface area contributed by atoms with Gasteiger partial charge in [-0.15, -0.1) is 0 Å². The first-order chi connectivity index (χ1) is 14.2. The molecule has 0 saturated carbocycles. The number of carbonyl (C=O) groups excluding carboxylic acids is 1. The van der Waals surface area contributed by atoms with Gasteiger partial charge in [0.1, 0.15) is 12.1 Å². The molecule has 4 rings (SSSR count). The Labute approximate surface area is 168 Å². The number of carbonyl (C=O) groups is 1. The van der Waals surface area contributed by atoms with Crippen molar-refractivity contribution in [1.82, 2.24) is 15.3 Å². The fourth-order valence-electron chi connectivity index (χ4n) is 3.39. The molecular weight excluding hydrogens is 370 g/mol. The Balaban J connectivity index is 1.53. The molecule has 0 aliphatic carbocycles. The Hall–Kier alpha value is -3.39. The van der Waals surface area contributed by atoms with E-state index in [0.717, 1.165) is 41.7 Å². The summed E-state index contributed by atoms with van der Waals surface area (Å²) in [6, 6.07) is 11.1. The zero-order chi connectivity index (χ0) is 20.2. The van der Waals surface area contributed by atoms with Crippen LogP contribution in [0.15, 0.2) is 42.7 Å². The third-order valence-electron chi connectivity index (χ3n) is 4.93. The number of ether oxygens (including phenoxy) is 2. The smallest absolute Gasteiger partial charge is 0.241 e. The summed E-state index contributed by atoms with van der Waals surface area (Å²) in [5, 5.41) is 10.3. The zero-order valence-electron chi connectivity index (χ0n) is 16.4. The quantitative estimate of drug-likeness (QED) is 0.592. The van der Waals surface area contributed by atoms with Gasteiger partial charge in [-0.25, -0.2) is 9.97 Å². The maximum absolute atomic E-state index is 12.2. The van der Waals surface area contributed by atoms with Crippen LogP contribution in [0.25, 0.3) is 10.9 Å². The van der Waals surface area contributed by atoms with E-state index in [4.69, 9.17) is 9.47 Å². The van der Waals surface area contributed by atoms with Crippen LogP contribution in [0, 0.1) is 0 Å². The maximum Gasteiger partial charge on any atom is 0.241 e. The van der Waals surface area contributed by atoms with Gasteiger partial charge in [-0.05, 0) is 49.7 Å². The van der Waals surface area contributed by atoms with E-state index >= 15 is 0 Å². The molecule has 2 heterocycles. The van der Waals surface area contributed by atoms with Gasteiger partial charge in [0.05, 0.1) is 25.8 Å². The minimum atomic E-state index is -0.104. The molecule has 1 atom stereocenters. The van der Waals surface area contributed by atoms with Gasteiger partial charge < -0.3 is 25.4 Å². The van der Waals surface area contributed by atoms with Crippen LogP contribution < -0.4 is 25.4 Å². The molecule has 3 N–H and O–H groups in total. The summed E-state index contributed by atoms with van der Waals surface area (Å²) >= 11 is 0. The van der Waals surface area contributed by atoms with Crippen LogP contribution in [0.4, 0.5) is 17.2 Å². The molecule has 2 aromatic carbocycles. The van der Waals surface area contributed by atoms with E-state index in [1.807, 2.05) is 36.4 Å². The summed E-state index contributed by atoms with van der Waals surface area (Å²) in [5.41, 5.74) is 2.35. The molecule has 1 aliphatic heterocycles. The molecule has 1 aromatic heterocycles. The van der Waals surface area contributed by atoms with E-state index in [0.29, 0.717) is 17.3 Å². The Morgan fingerprint density at radius 3 is 2.48 bits per heavy atom. The largest absolute Gasteiger partial charge is 0.493 e. The highest BCUT2D eigenvalue weighted by atomic mass is 16.5. The van der Waals surface area contributed by atoms with Gasteiger partial charge in [0.15, 0.2) is 11.5 Å². The van der Waals surface area contributed by atoms with E-state index in [2.05, 4.69) is 25.9 Å². The molecule has 0 spiro atoms. The third-order valence-corrected chi connectivity index (χ3v) is 4.93. The molecule has 1 fully saturated rings. The fraction of sp³-hybridized carbons (Fsp3) is 0.286. The molecule has 1 aliphatic rings. The molecule has 0 bridgehead atoms. The van der Waals surface area contributed by atoms with E-state index in [1.54, 1.807) is 14.2 Å². The first-order valence-corrected chi connectivity index (χ1v) is 9.46.